The molecule has 1 heterocycles. The van der Waals surface area contributed by atoms with Crippen LogP contribution in [0, 0.1) is 0 Å². The van der Waals surface area contributed by atoms with E-state index in [-0.39, 0.29) is 5.91 Å². The minimum Gasteiger partial charge on any atom is -0.476 e. The number of rotatable bonds is 7. The lowest BCUT2D eigenvalue weighted by atomic mass is 10.3. The van der Waals surface area contributed by atoms with Gasteiger partial charge in [0.15, 0.2) is 0 Å². The summed E-state index contributed by atoms with van der Waals surface area (Å²) >= 11 is 5.68. The molecule has 0 spiro atoms. The molecule has 0 aliphatic rings. The predicted octanol–water partition coefficient (Wildman–Crippen LogP) is 0.969. The molecule has 0 atom stereocenters. The monoisotopic (exact) mass is 257 g/mol. The molecule has 0 aliphatic carbocycles. The number of hydrogen-bond acceptors (Lipinski definition) is 4. The highest BCUT2D eigenvalue weighted by Gasteiger charge is 2.00. The molecule has 6 heteroatoms. The lowest BCUT2D eigenvalue weighted by Crippen LogP contribution is -2.28. The minimum absolute atomic E-state index is 0.0110. The number of ether oxygens (including phenoxy) is 1. The van der Waals surface area contributed by atoms with Crippen molar-refractivity contribution >= 4 is 17.5 Å². The topological polar surface area (TPSA) is 77.2 Å². The van der Waals surface area contributed by atoms with Gasteiger partial charge in [0, 0.05) is 18.7 Å². The Labute approximate surface area is 105 Å². The Morgan fingerprint density at radius 3 is 3.00 bits per heavy atom. The number of nitrogens with one attached hydrogen (secondary N) is 1. The molecule has 0 aliphatic heterocycles. The first-order chi connectivity index (χ1) is 8.22. The zero-order chi connectivity index (χ0) is 12.5. The summed E-state index contributed by atoms with van der Waals surface area (Å²) in [5, 5.41) is 3.29. The zero-order valence-corrected chi connectivity index (χ0v) is 10.2. The number of carbonyl (C=O) groups excluding carboxylic acids is 1. The van der Waals surface area contributed by atoms with Crippen LogP contribution in [-0.4, -0.2) is 30.6 Å². The second kappa shape index (κ2) is 7.86. The van der Waals surface area contributed by atoms with Crippen LogP contribution < -0.4 is 15.8 Å². The van der Waals surface area contributed by atoms with Crippen molar-refractivity contribution in [3.63, 3.8) is 0 Å². The number of aromatic nitrogens is 1. The van der Waals surface area contributed by atoms with Gasteiger partial charge in [0.1, 0.15) is 6.61 Å². The van der Waals surface area contributed by atoms with E-state index in [1.807, 2.05) is 0 Å². The van der Waals surface area contributed by atoms with E-state index in [0.717, 1.165) is 0 Å². The van der Waals surface area contributed by atoms with Crippen LogP contribution in [0.2, 0.25) is 5.02 Å². The van der Waals surface area contributed by atoms with Crippen molar-refractivity contribution in [2.24, 2.45) is 5.73 Å². The third kappa shape index (κ3) is 6.09. The summed E-state index contributed by atoms with van der Waals surface area (Å²) in [6.07, 6.45) is 2.66. The van der Waals surface area contributed by atoms with Gasteiger partial charge in [-0.15, -0.1) is 0 Å². The van der Waals surface area contributed by atoms with Crippen molar-refractivity contribution in [3.8, 4) is 5.88 Å². The maximum Gasteiger partial charge on any atom is 0.220 e. The second-order valence-electron chi connectivity index (χ2n) is 3.41. The number of amides is 1. The van der Waals surface area contributed by atoms with Gasteiger partial charge in [0.05, 0.1) is 11.6 Å². The average molecular weight is 258 g/mol. The first kappa shape index (κ1) is 13.7. The molecule has 1 aromatic rings. The lowest BCUT2D eigenvalue weighted by molar-refractivity contribution is -0.121. The van der Waals surface area contributed by atoms with Gasteiger partial charge < -0.3 is 15.8 Å². The molecule has 1 amide bonds. The Morgan fingerprint density at radius 1 is 1.53 bits per heavy atom. The number of pyridine rings is 1. The summed E-state index contributed by atoms with van der Waals surface area (Å²) in [4.78, 5) is 15.2. The van der Waals surface area contributed by atoms with Crippen LogP contribution in [0.3, 0.4) is 0 Å². The number of nitrogens with zero attached hydrogens (tertiary/aromatic N) is 1. The minimum atomic E-state index is -0.0110. The molecule has 1 aromatic heterocycles. The van der Waals surface area contributed by atoms with E-state index in [4.69, 9.17) is 22.1 Å². The molecule has 5 nitrogen and oxygen atoms in total. The summed E-state index contributed by atoms with van der Waals surface area (Å²) in [5.74, 6) is 0.480. The number of nitrogens with two attached hydrogens (primary N) is 1. The van der Waals surface area contributed by atoms with Gasteiger partial charge in [-0.1, -0.05) is 11.6 Å². The smallest absolute Gasteiger partial charge is 0.220 e. The maximum absolute atomic E-state index is 11.2. The van der Waals surface area contributed by atoms with E-state index in [2.05, 4.69) is 10.3 Å². The summed E-state index contributed by atoms with van der Waals surface area (Å²) < 4.78 is 5.31. The second-order valence-corrected chi connectivity index (χ2v) is 3.84. The van der Waals surface area contributed by atoms with Gasteiger partial charge >= 0.3 is 0 Å². The van der Waals surface area contributed by atoms with Gasteiger partial charge in [0.2, 0.25) is 11.8 Å². The van der Waals surface area contributed by atoms with Crippen molar-refractivity contribution in [3.05, 3.63) is 23.4 Å². The first-order valence-corrected chi connectivity index (χ1v) is 5.81. The van der Waals surface area contributed by atoms with Crippen molar-refractivity contribution in [2.75, 3.05) is 19.7 Å². The Bertz CT molecular complexity index is 343. The van der Waals surface area contributed by atoms with Crippen LogP contribution in [0.15, 0.2) is 18.3 Å². The molecule has 0 unspecified atom stereocenters. The van der Waals surface area contributed by atoms with Gasteiger partial charge in [0.25, 0.3) is 0 Å². The zero-order valence-electron chi connectivity index (χ0n) is 9.49. The SMILES string of the molecule is NCCCC(=O)NCCOc1ccc(Cl)cn1. The Hall–Kier alpha value is -1.33. The highest BCUT2D eigenvalue weighted by atomic mass is 35.5. The standard InChI is InChI=1S/C11H16ClN3O2/c12-9-3-4-11(15-8-9)17-7-6-14-10(16)2-1-5-13/h3-4,8H,1-2,5-7,13H2,(H,14,16). The van der Waals surface area contributed by atoms with Gasteiger partial charge in [-0.25, -0.2) is 4.98 Å². The van der Waals surface area contributed by atoms with Gasteiger partial charge in [-0.3, -0.25) is 4.79 Å². The molecule has 0 aromatic carbocycles. The summed E-state index contributed by atoms with van der Waals surface area (Å²) in [6.45, 7) is 1.36. The maximum atomic E-state index is 11.2. The third-order valence-corrected chi connectivity index (χ3v) is 2.21. The normalized spacial score (nSPS) is 10.0. The molecule has 0 radical (unpaired) electrons. The van der Waals surface area contributed by atoms with Gasteiger partial charge in [-0.05, 0) is 19.0 Å². The fraction of sp³-hybridized carbons (Fsp3) is 0.455. The van der Waals surface area contributed by atoms with Crippen LogP contribution in [-0.2, 0) is 4.79 Å². The van der Waals surface area contributed by atoms with Crippen molar-refractivity contribution in [2.45, 2.75) is 12.8 Å². The summed E-state index contributed by atoms with van der Waals surface area (Å²) in [5.41, 5.74) is 5.30. The molecule has 0 saturated heterocycles. The molecule has 17 heavy (non-hydrogen) atoms. The van der Waals surface area contributed by atoms with E-state index in [9.17, 15) is 4.79 Å². The van der Waals surface area contributed by atoms with E-state index in [1.54, 1.807) is 12.1 Å². The number of carbonyl (C=O) groups is 1. The fourth-order valence-electron chi connectivity index (χ4n) is 1.14. The van der Waals surface area contributed by atoms with Crippen LogP contribution in [0.25, 0.3) is 0 Å². The fourth-order valence-corrected chi connectivity index (χ4v) is 1.26. The lowest BCUT2D eigenvalue weighted by Gasteiger charge is -2.06. The van der Waals surface area contributed by atoms with Crippen LogP contribution >= 0.6 is 11.6 Å². The Balaban J connectivity index is 2.11. The van der Waals surface area contributed by atoms with E-state index in [0.29, 0.717) is 43.4 Å². The summed E-state index contributed by atoms with van der Waals surface area (Å²) in [6, 6.07) is 3.38. The Morgan fingerprint density at radius 2 is 2.35 bits per heavy atom. The highest BCUT2D eigenvalue weighted by Crippen LogP contribution is 2.10. The molecule has 1 rings (SSSR count). The Kier molecular flexibility index (Phi) is 6.35. The molecular formula is C11H16ClN3O2. The van der Waals surface area contributed by atoms with E-state index >= 15 is 0 Å². The van der Waals surface area contributed by atoms with Gasteiger partial charge in [-0.2, -0.15) is 0 Å². The van der Waals surface area contributed by atoms with Crippen molar-refractivity contribution in [1.29, 1.82) is 0 Å². The molecular weight excluding hydrogens is 242 g/mol. The first-order valence-electron chi connectivity index (χ1n) is 5.43. The van der Waals surface area contributed by atoms with Crippen LogP contribution in [0.1, 0.15) is 12.8 Å². The van der Waals surface area contributed by atoms with Crippen LogP contribution in [0.5, 0.6) is 5.88 Å². The molecule has 94 valence electrons. The highest BCUT2D eigenvalue weighted by molar-refractivity contribution is 6.30. The third-order valence-electron chi connectivity index (χ3n) is 1.98. The van der Waals surface area contributed by atoms with Crippen molar-refractivity contribution < 1.29 is 9.53 Å². The van der Waals surface area contributed by atoms with E-state index < -0.39 is 0 Å². The van der Waals surface area contributed by atoms with Crippen molar-refractivity contribution in [1.82, 2.24) is 10.3 Å². The van der Waals surface area contributed by atoms with Crippen LogP contribution in [0.4, 0.5) is 0 Å². The average Bonchev–Trinajstić information content (AvgIpc) is 2.34. The molecule has 0 bridgehead atoms. The number of hydrogen-bond donors (Lipinski definition) is 2. The quantitative estimate of drug-likeness (QED) is 0.714. The summed E-state index contributed by atoms with van der Waals surface area (Å²) in [7, 11) is 0. The van der Waals surface area contributed by atoms with E-state index in [1.165, 1.54) is 6.20 Å². The predicted molar refractivity (Wildman–Crippen MR) is 66.0 cm³/mol. The molecule has 0 saturated carbocycles. The largest absolute Gasteiger partial charge is 0.476 e. The molecule has 0 fully saturated rings. The molecule has 3 N–H and O–H groups in total. The number of halogens is 1.